The van der Waals surface area contributed by atoms with E-state index >= 15 is 0 Å². The van der Waals surface area contributed by atoms with Crippen molar-refractivity contribution in [3.8, 4) is 0 Å². The molecule has 0 aromatic heterocycles. The number of hydrogen-bond acceptors (Lipinski definition) is 5. The summed E-state index contributed by atoms with van der Waals surface area (Å²) in [7, 11) is 0. The molecule has 0 aromatic rings. The van der Waals surface area contributed by atoms with Gasteiger partial charge in [-0.15, -0.1) is 0 Å². The lowest BCUT2D eigenvalue weighted by atomic mass is 10.0. The van der Waals surface area contributed by atoms with Crippen molar-refractivity contribution in [3.63, 3.8) is 0 Å². The van der Waals surface area contributed by atoms with Gasteiger partial charge in [-0.3, -0.25) is 9.59 Å². The topological polar surface area (TPSA) is 95.9 Å². The molecule has 0 aliphatic heterocycles. The third-order valence-electron chi connectivity index (χ3n) is 13.3. The van der Waals surface area contributed by atoms with Crippen LogP contribution in [0.15, 0.2) is 12.2 Å². The molecule has 0 fully saturated rings. The molecule has 2 atom stereocenters. The molecule has 374 valence electrons. The van der Waals surface area contributed by atoms with E-state index in [1.165, 1.54) is 205 Å². The number of rotatable bonds is 53. The summed E-state index contributed by atoms with van der Waals surface area (Å²) in [4.78, 5) is 24.5. The van der Waals surface area contributed by atoms with Crippen molar-refractivity contribution in [1.82, 2.24) is 5.32 Å². The van der Waals surface area contributed by atoms with Crippen LogP contribution in [0.1, 0.15) is 316 Å². The van der Waals surface area contributed by atoms with Gasteiger partial charge in [0.15, 0.2) is 0 Å². The summed E-state index contributed by atoms with van der Waals surface area (Å²) in [6.07, 6.45) is 62.0. The first-order chi connectivity index (χ1) is 31.0. The maximum Gasteiger partial charge on any atom is 0.305 e. The first kappa shape index (κ1) is 61.6. The van der Waals surface area contributed by atoms with Crippen LogP contribution in [0.25, 0.3) is 0 Å². The van der Waals surface area contributed by atoms with Crippen molar-refractivity contribution in [1.29, 1.82) is 0 Å². The highest BCUT2D eigenvalue weighted by atomic mass is 16.5. The summed E-state index contributed by atoms with van der Waals surface area (Å²) in [5.74, 6) is -0.0992. The number of aliphatic hydroxyl groups excluding tert-OH is 2. The fraction of sp³-hybridized carbons (Fsp3) is 0.930. The van der Waals surface area contributed by atoms with Gasteiger partial charge < -0.3 is 20.3 Å². The molecule has 0 bridgehead atoms. The van der Waals surface area contributed by atoms with E-state index in [1.807, 2.05) is 0 Å². The largest absolute Gasteiger partial charge is 0.466 e. The molecule has 0 aliphatic rings. The normalized spacial score (nSPS) is 12.6. The van der Waals surface area contributed by atoms with E-state index < -0.39 is 12.1 Å². The highest BCUT2D eigenvalue weighted by Gasteiger charge is 2.20. The molecule has 0 radical (unpaired) electrons. The first-order valence-corrected chi connectivity index (χ1v) is 28.4. The second-order valence-corrected chi connectivity index (χ2v) is 19.6. The van der Waals surface area contributed by atoms with Crippen molar-refractivity contribution in [2.24, 2.45) is 0 Å². The summed E-state index contributed by atoms with van der Waals surface area (Å²) >= 11 is 0. The summed E-state index contributed by atoms with van der Waals surface area (Å²) in [6.45, 7) is 4.89. The van der Waals surface area contributed by atoms with Crippen molar-refractivity contribution in [2.75, 3.05) is 13.2 Å². The van der Waals surface area contributed by atoms with Gasteiger partial charge in [-0.1, -0.05) is 264 Å². The molecular formula is C57H111NO5. The quantitative estimate of drug-likeness (QED) is 0.0321. The third-order valence-corrected chi connectivity index (χ3v) is 13.3. The Balaban J connectivity index is 3.49. The minimum absolute atomic E-state index is 0.0319. The van der Waals surface area contributed by atoms with Crippen molar-refractivity contribution in [3.05, 3.63) is 12.2 Å². The fourth-order valence-electron chi connectivity index (χ4n) is 8.93. The molecule has 0 spiro atoms. The zero-order chi connectivity index (χ0) is 45.8. The van der Waals surface area contributed by atoms with Gasteiger partial charge in [-0.25, -0.2) is 0 Å². The number of carbonyl (C=O) groups is 2. The third kappa shape index (κ3) is 49.9. The average Bonchev–Trinajstić information content (AvgIpc) is 3.28. The molecular weight excluding hydrogens is 779 g/mol. The van der Waals surface area contributed by atoms with E-state index in [0.717, 1.165) is 77.0 Å². The summed E-state index contributed by atoms with van der Waals surface area (Å²) < 4.78 is 5.45. The predicted octanol–water partition coefficient (Wildman–Crippen LogP) is 17.3. The van der Waals surface area contributed by atoms with Crippen LogP contribution in [0.4, 0.5) is 0 Å². The van der Waals surface area contributed by atoms with Crippen LogP contribution in [0, 0.1) is 0 Å². The lowest BCUT2D eigenvalue weighted by Gasteiger charge is -2.22. The second-order valence-electron chi connectivity index (χ2n) is 19.6. The van der Waals surface area contributed by atoms with Crippen molar-refractivity contribution < 1.29 is 24.5 Å². The Morgan fingerprint density at radius 1 is 0.429 bits per heavy atom. The second kappa shape index (κ2) is 53.2. The lowest BCUT2D eigenvalue weighted by molar-refractivity contribution is -0.143. The van der Waals surface area contributed by atoms with Crippen LogP contribution in [0.5, 0.6) is 0 Å². The lowest BCUT2D eigenvalue weighted by Crippen LogP contribution is -2.45. The first-order valence-electron chi connectivity index (χ1n) is 28.4. The van der Waals surface area contributed by atoms with Gasteiger partial charge >= 0.3 is 5.97 Å². The van der Waals surface area contributed by atoms with E-state index in [-0.39, 0.29) is 18.5 Å². The van der Waals surface area contributed by atoms with Crippen molar-refractivity contribution >= 4 is 11.9 Å². The molecule has 0 rings (SSSR count). The van der Waals surface area contributed by atoms with Crippen LogP contribution >= 0.6 is 0 Å². The van der Waals surface area contributed by atoms with Gasteiger partial charge in [0.1, 0.15) is 0 Å². The summed E-state index contributed by atoms with van der Waals surface area (Å²) in [6, 6.07) is -0.566. The molecule has 0 heterocycles. The van der Waals surface area contributed by atoms with Crippen molar-refractivity contribution in [2.45, 2.75) is 328 Å². The maximum absolute atomic E-state index is 12.5. The minimum atomic E-state index is -0.685. The van der Waals surface area contributed by atoms with E-state index in [0.29, 0.717) is 25.9 Å². The minimum Gasteiger partial charge on any atom is -0.466 e. The number of ether oxygens (including phenoxy) is 1. The number of nitrogens with one attached hydrogen (secondary N) is 1. The molecule has 0 saturated carbocycles. The molecule has 3 N–H and O–H groups in total. The summed E-state index contributed by atoms with van der Waals surface area (Å²) in [5.41, 5.74) is 0. The van der Waals surface area contributed by atoms with Crippen LogP contribution in [0.2, 0.25) is 0 Å². The Hall–Kier alpha value is -1.40. The van der Waals surface area contributed by atoms with Crippen LogP contribution in [-0.4, -0.2) is 47.4 Å². The predicted molar refractivity (Wildman–Crippen MR) is 273 cm³/mol. The molecule has 2 unspecified atom stereocenters. The van der Waals surface area contributed by atoms with E-state index in [9.17, 15) is 19.8 Å². The maximum atomic E-state index is 12.5. The van der Waals surface area contributed by atoms with E-state index in [4.69, 9.17) is 4.74 Å². The monoisotopic (exact) mass is 890 g/mol. The molecule has 6 heteroatoms. The van der Waals surface area contributed by atoms with Crippen LogP contribution in [-0.2, 0) is 14.3 Å². The van der Waals surface area contributed by atoms with E-state index in [1.54, 1.807) is 0 Å². The number of unbranched alkanes of at least 4 members (excludes halogenated alkanes) is 40. The number of allylic oxidation sites excluding steroid dienone is 2. The Kier molecular flexibility index (Phi) is 52.0. The number of aliphatic hydroxyl groups is 2. The Morgan fingerprint density at radius 3 is 1.13 bits per heavy atom. The zero-order valence-corrected chi connectivity index (χ0v) is 42.6. The van der Waals surface area contributed by atoms with Crippen LogP contribution in [0.3, 0.4) is 0 Å². The van der Waals surface area contributed by atoms with Gasteiger partial charge in [0.2, 0.25) is 5.91 Å². The van der Waals surface area contributed by atoms with Crippen LogP contribution < -0.4 is 5.32 Å². The molecule has 63 heavy (non-hydrogen) atoms. The highest BCUT2D eigenvalue weighted by molar-refractivity contribution is 5.76. The van der Waals surface area contributed by atoms with Gasteiger partial charge in [0.25, 0.3) is 0 Å². The fourth-order valence-corrected chi connectivity index (χ4v) is 8.93. The molecule has 0 aromatic carbocycles. The smallest absolute Gasteiger partial charge is 0.305 e. The highest BCUT2D eigenvalue weighted by Crippen LogP contribution is 2.17. The standard InChI is InChI=1S/C57H111NO5/c1-3-5-7-9-11-13-15-17-19-21-22-23-24-25-27-29-33-37-41-45-49-55(60)54(53-59)58-56(61)50-46-42-38-34-31-32-36-40-44-48-52-63-57(62)51-47-43-39-35-30-28-26-20-18-16-14-12-10-8-6-4-2/h32,36,54-55,59-60H,3-31,33-35,37-53H2,1-2H3,(H,58,61)/b36-32-. The molecule has 0 saturated heterocycles. The number of esters is 1. The number of carbonyl (C=O) groups excluding carboxylic acids is 2. The van der Waals surface area contributed by atoms with Gasteiger partial charge in [-0.2, -0.15) is 0 Å². The Bertz CT molecular complexity index is 939. The molecule has 6 nitrogen and oxygen atoms in total. The van der Waals surface area contributed by atoms with Gasteiger partial charge in [0, 0.05) is 12.8 Å². The average molecular weight is 891 g/mol. The van der Waals surface area contributed by atoms with Gasteiger partial charge in [0.05, 0.1) is 25.4 Å². The molecule has 1 amide bonds. The molecule has 0 aliphatic carbocycles. The Labute approximate surface area is 393 Å². The van der Waals surface area contributed by atoms with E-state index in [2.05, 4.69) is 31.3 Å². The number of hydrogen-bond donors (Lipinski definition) is 3. The SMILES string of the molecule is CCCCCCCCCCCCCCCCCCCCCCC(O)C(CO)NC(=O)CCCCCC/C=C\CCCCOC(=O)CCCCCCCCCCCCCCCCCC. The Morgan fingerprint density at radius 2 is 0.746 bits per heavy atom. The number of amides is 1. The summed E-state index contributed by atoms with van der Waals surface area (Å²) in [5, 5.41) is 23.3. The van der Waals surface area contributed by atoms with Gasteiger partial charge in [-0.05, 0) is 51.4 Å². The zero-order valence-electron chi connectivity index (χ0n) is 42.6.